The van der Waals surface area contributed by atoms with Gasteiger partial charge in [-0.3, -0.25) is 4.79 Å². The minimum Gasteiger partial charge on any atom is -0.468 e. The van der Waals surface area contributed by atoms with Crippen LogP contribution in [0.5, 0.6) is 0 Å². The maximum absolute atomic E-state index is 10.8. The van der Waals surface area contributed by atoms with E-state index in [2.05, 4.69) is 11.7 Å². The summed E-state index contributed by atoms with van der Waals surface area (Å²) in [6, 6.07) is 0. The number of carbonyl (C=O) groups is 1. The van der Waals surface area contributed by atoms with Gasteiger partial charge in [0.1, 0.15) is 5.75 Å². The molecule has 0 unspecified atom stereocenters. The van der Waals surface area contributed by atoms with Crippen LogP contribution in [0.2, 0.25) is 0 Å². The third-order valence-corrected chi connectivity index (χ3v) is 4.90. The van der Waals surface area contributed by atoms with Gasteiger partial charge in [0, 0.05) is 5.75 Å². The number of carbonyl (C=O) groups excluding carboxylic acids is 1. The second-order valence-corrected chi connectivity index (χ2v) is 6.72. The van der Waals surface area contributed by atoms with Crippen LogP contribution in [-0.2, 0) is 9.53 Å². The molecule has 0 radical (unpaired) electrons. The van der Waals surface area contributed by atoms with Crippen molar-refractivity contribution in [2.45, 2.75) is 58.3 Å². The highest BCUT2D eigenvalue weighted by Gasteiger charge is 1.99. The summed E-state index contributed by atoms with van der Waals surface area (Å²) in [4.78, 5) is 10.8. The Balaban J connectivity index is 2.96. The van der Waals surface area contributed by atoms with Gasteiger partial charge in [-0.05, 0) is 6.42 Å². The van der Waals surface area contributed by atoms with Gasteiger partial charge in [-0.15, -0.1) is 0 Å². The number of hydrogen-bond acceptors (Lipinski definition) is 4. The fourth-order valence-electron chi connectivity index (χ4n) is 1.50. The SMILES string of the molecule is CCCCCCCCCCSSCC(=O)OC. The van der Waals surface area contributed by atoms with E-state index in [1.165, 1.54) is 58.5 Å². The van der Waals surface area contributed by atoms with Crippen molar-refractivity contribution in [2.24, 2.45) is 0 Å². The summed E-state index contributed by atoms with van der Waals surface area (Å²) in [5.74, 6) is 1.49. The summed E-state index contributed by atoms with van der Waals surface area (Å²) < 4.78 is 4.57. The van der Waals surface area contributed by atoms with Gasteiger partial charge in [-0.25, -0.2) is 0 Å². The molecule has 0 aliphatic rings. The first-order chi connectivity index (χ1) is 8.31. The molecule has 0 aromatic heterocycles. The standard InChI is InChI=1S/C13H26O2S2/c1-3-4-5-6-7-8-9-10-11-16-17-12-13(14)15-2/h3-12H2,1-2H3. The molecule has 0 aliphatic heterocycles. The lowest BCUT2D eigenvalue weighted by Crippen LogP contribution is -2.01. The summed E-state index contributed by atoms with van der Waals surface area (Å²) in [6.45, 7) is 2.25. The first kappa shape index (κ1) is 17.2. The molecule has 2 nitrogen and oxygen atoms in total. The van der Waals surface area contributed by atoms with Crippen LogP contribution in [0.4, 0.5) is 0 Å². The molecule has 0 fully saturated rings. The largest absolute Gasteiger partial charge is 0.468 e. The van der Waals surface area contributed by atoms with Gasteiger partial charge in [0.25, 0.3) is 0 Å². The summed E-state index contributed by atoms with van der Waals surface area (Å²) in [7, 11) is 4.82. The van der Waals surface area contributed by atoms with Crippen molar-refractivity contribution in [3.63, 3.8) is 0 Å². The quantitative estimate of drug-likeness (QED) is 0.294. The molecule has 0 aromatic carbocycles. The van der Waals surface area contributed by atoms with Gasteiger partial charge in [-0.2, -0.15) is 0 Å². The number of ether oxygens (including phenoxy) is 1. The molecule has 0 saturated heterocycles. The first-order valence-electron chi connectivity index (χ1n) is 6.62. The Kier molecular flexibility index (Phi) is 14.4. The molecule has 0 heterocycles. The van der Waals surface area contributed by atoms with Gasteiger partial charge in [0.15, 0.2) is 0 Å². The smallest absolute Gasteiger partial charge is 0.316 e. The van der Waals surface area contributed by atoms with Crippen LogP contribution in [0.1, 0.15) is 58.3 Å². The maximum atomic E-state index is 10.8. The lowest BCUT2D eigenvalue weighted by molar-refractivity contribution is -0.137. The lowest BCUT2D eigenvalue weighted by atomic mass is 10.1. The lowest BCUT2D eigenvalue weighted by Gasteiger charge is -2.01. The van der Waals surface area contributed by atoms with Gasteiger partial charge >= 0.3 is 5.97 Å². The average molecular weight is 278 g/mol. The van der Waals surface area contributed by atoms with Crippen molar-refractivity contribution >= 4 is 27.6 Å². The minimum absolute atomic E-state index is 0.126. The first-order valence-corrected chi connectivity index (χ1v) is 9.11. The van der Waals surface area contributed by atoms with Crippen LogP contribution in [0.3, 0.4) is 0 Å². The van der Waals surface area contributed by atoms with E-state index in [9.17, 15) is 4.79 Å². The van der Waals surface area contributed by atoms with Crippen LogP contribution < -0.4 is 0 Å². The van der Waals surface area contributed by atoms with E-state index in [1.807, 2.05) is 0 Å². The minimum atomic E-state index is -0.126. The number of unbranched alkanes of at least 4 members (excludes halogenated alkanes) is 7. The summed E-state index contributed by atoms with van der Waals surface area (Å²) in [6.07, 6.45) is 10.9. The molecule has 0 amide bonds. The molecule has 0 N–H and O–H groups in total. The van der Waals surface area contributed by atoms with Crippen molar-refractivity contribution in [1.29, 1.82) is 0 Å². The number of methoxy groups -OCH3 is 1. The molecule has 17 heavy (non-hydrogen) atoms. The molecule has 0 aliphatic carbocycles. The molecule has 0 saturated carbocycles. The van der Waals surface area contributed by atoms with Gasteiger partial charge in [-0.1, -0.05) is 73.5 Å². The van der Waals surface area contributed by atoms with Crippen LogP contribution in [-0.4, -0.2) is 24.6 Å². The maximum Gasteiger partial charge on any atom is 0.316 e. The average Bonchev–Trinajstić information content (AvgIpc) is 2.35. The Morgan fingerprint density at radius 1 is 0.941 bits per heavy atom. The predicted molar refractivity (Wildman–Crippen MR) is 79.5 cm³/mol. The molecular formula is C13H26O2S2. The van der Waals surface area contributed by atoms with E-state index in [0.717, 1.165) is 5.75 Å². The van der Waals surface area contributed by atoms with Crippen LogP contribution in [0, 0.1) is 0 Å². The second kappa shape index (κ2) is 14.2. The molecule has 0 spiro atoms. The fraction of sp³-hybridized carbons (Fsp3) is 0.923. The molecule has 0 rings (SSSR count). The van der Waals surface area contributed by atoms with Crippen molar-refractivity contribution in [3.05, 3.63) is 0 Å². The van der Waals surface area contributed by atoms with Crippen molar-refractivity contribution in [1.82, 2.24) is 0 Å². The van der Waals surface area contributed by atoms with E-state index >= 15 is 0 Å². The molecule has 4 heteroatoms. The Hall–Kier alpha value is 0.170. The van der Waals surface area contributed by atoms with Crippen LogP contribution in [0.25, 0.3) is 0 Å². The van der Waals surface area contributed by atoms with Crippen LogP contribution in [0.15, 0.2) is 0 Å². The number of esters is 1. The number of hydrogen-bond donors (Lipinski definition) is 0. The Morgan fingerprint density at radius 3 is 2.12 bits per heavy atom. The van der Waals surface area contributed by atoms with Crippen molar-refractivity contribution in [2.75, 3.05) is 18.6 Å². The summed E-state index contributed by atoms with van der Waals surface area (Å²) >= 11 is 0. The monoisotopic (exact) mass is 278 g/mol. The van der Waals surface area contributed by atoms with Crippen LogP contribution >= 0.6 is 21.6 Å². The summed E-state index contributed by atoms with van der Waals surface area (Å²) in [5.41, 5.74) is 0. The number of rotatable bonds is 12. The van der Waals surface area contributed by atoms with Gasteiger partial charge in [0.05, 0.1) is 7.11 Å². The van der Waals surface area contributed by atoms with E-state index in [0.29, 0.717) is 5.75 Å². The Bertz CT molecular complexity index is 175. The van der Waals surface area contributed by atoms with E-state index in [1.54, 1.807) is 21.6 Å². The van der Waals surface area contributed by atoms with Crippen molar-refractivity contribution < 1.29 is 9.53 Å². The normalized spacial score (nSPS) is 10.5. The molecule has 102 valence electrons. The van der Waals surface area contributed by atoms with E-state index in [-0.39, 0.29) is 5.97 Å². The summed E-state index contributed by atoms with van der Waals surface area (Å²) in [5, 5.41) is 0. The predicted octanol–water partition coefficient (Wildman–Crippen LogP) is 4.68. The zero-order chi connectivity index (χ0) is 12.8. The molecule has 0 atom stereocenters. The topological polar surface area (TPSA) is 26.3 Å². The molecule has 0 bridgehead atoms. The van der Waals surface area contributed by atoms with Crippen molar-refractivity contribution in [3.8, 4) is 0 Å². The highest BCUT2D eigenvalue weighted by molar-refractivity contribution is 8.76. The second-order valence-electron chi connectivity index (χ2n) is 4.14. The molecular weight excluding hydrogens is 252 g/mol. The van der Waals surface area contributed by atoms with E-state index < -0.39 is 0 Å². The Labute approximate surface area is 114 Å². The highest BCUT2D eigenvalue weighted by atomic mass is 33.1. The molecule has 0 aromatic rings. The fourth-order valence-corrected chi connectivity index (χ4v) is 3.49. The Morgan fingerprint density at radius 2 is 1.53 bits per heavy atom. The van der Waals surface area contributed by atoms with Gasteiger partial charge in [0.2, 0.25) is 0 Å². The zero-order valence-electron chi connectivity index (χ0n) is 11.2. The third-order valence-electron chi connectivity index (χ3n) is 2.57. The third kappa shape index (κ3) is 14.1. The zero-order valence-corrected chi connectivity index (χ0v) is 12.8. The van der Waals surface area contributed by atoms with Gasteiger partial charge < -0.3 is 4.74 Å². The van der Waals surface area contributed by atoms with E-state index in [4.69, 9.17) is 0 Å². The highest BCUT2D eigenvalue weighted by Crippen LogP contribution is 2.23.